The number of nitrogens with two attached hydrogens (primary N) is 1. The van der Waals surface area contributed by atoms with E-state index in [-0.39, 0.29) is 0 Å². The van der Waals surface area contributed by atoms with Crippen LogP contribution >= 0.6 is 0 Å². The molecule has 0 bridgehead atoms. The number of aliphatic hydroxyl groups is 1. The van der Waals surface area contributed by atoms with Crippen molar-refractivity contribution in [2.75, 3.05) is 6.54 Å². The molecule has 1 unspecified atom stereocenters. The molecule has 3 N–H and O–H groups in total. The van der Waals surface area contributed by atoms with Gasteiger partial charge < -0.3 is 15.3 Å². The Hall–Kier alpha value is -0.800. The lowest BCUT2D eigenvalue weighted by molar-refractivity contribution is 0.169. The van der Waals surface area contributed by atoms with Gasteiger partial charge in [0.05, 0.1) is 12.4 Å². The molecule has 0 radical (unpaired) electrons. The summed E-state index contributed by atoms with van der Waals surface area (Å²) in [5.74, 6) is 0.816. The third kappa shape index (κ3) is 2.06. The fourth-order valence-electron chi connectivity index (χ4n) is 0.963. The van der Waals surface area contributed by atoms with E-state index in [1.165, 1.54) is 0 Å². The molecule has 0 aliphatic rings. The van der Waals surface area contributed by atoms with E-state index in [1.54, 1.807) is 6.26 Å². The zero-order valence-electron chi connectivity index (χ0n) is 6.58. The molecule has 0 aliphatic heterocycles. The van der Waals surface area contributed by atoms with Gasteiger partial charge in [0.2, 0.25) is 0 Å². The van der Waals surface area contributed by atoms with Gasteiger partial charge in [0, 0.05) is 5.56 Å². The topological polar surface area (TPSA) is 59.4 Å². The Balaban J connectivity index is 2.60. The molecule has 0 fully saturated rings. The molecular weight excluding hydrogens is 142 g/mol. The van der Waals surface area contributed by atoms with E-state index in [1.807, 2.05) is 13.0 Å². The van der Waals surface area contributed by atoms with Crippen molar-refractivity contribution in [2.24, 2.45) is 5.73 Å². The maximum Gasteiger partial charge on any atom is 0.101 e. The van der Waals surface area contributed by atoms with Gasteiger partial charge in [-0.3, -0.25) is 0 Å². The lowest BCUT2D eigenvalue weighted by Gasteiger charge is -2.03. The number of aliphatic hydroxyl groups excluding tert-OH is 1. The van der Waals surface area contributed by atoms with Crippen LogP contribution in [0.5, 0.6) is 0 Å². The summed E-state index contributed by atoms with van der Waals surface area (Å²) in [6, 6.07) is 1.82. The minimum atomic E-state index is -0.475. The van der Waals surface area contributed by atoms with Crippen LogP contribution in [0, 0.1) is 6.92 Å². The first-order valence-corrected chi connectivity index (χ1v) is 3.67. The summed E-state index contributed by atoms with van der Waals surface area (Å²) >= 11 is 0. The second kappa shape index (κ2) is 3.55. The van der Waals surface area contributed by atoms with Crippen LogP contribution in [0.4, 0.5) is 0 Å². The van der Waals surface area contributed by atoms with E-state index in [2.05, 4.69) is 0 Å². The summed E-state index contributed by atoms with van der Waals surface area (Å²) < 4.78 is 5.03. The van der Waals surface area contributed by atoms with Gasteiger partial charge in [-0.2, -0.15) is 0 Å². The maximum atomic E-state index is 9.39. The highest BCUT2D eigenvalue weighted by atomic mass is 16.3. The summed E-state index contributed by atoms with van der Waals surface area (Å²) in [6.45, 7) is 2.34. The molecule has 0 saturated carbocycles. The lowest BCUT2D eigenvalue weighted by atomic mass is 10.1. The molecule has 3 heteroatoms. The Morgan fingerprint density at radius 2 is 2.45 bits per heavy atom. The van der Waals surface area contributed by atoms with Crippen molar-refractivity contribution in [3.8, 4) is 0 Å². The van der Waals surface area contributed by atoms with Crippen LogP contribution in [0.1, 0.15) is 23.8 Å². The zero-order chi connectivity index (χ0) is 8.27. The number of furan rings is 1. The highest BCUT2D eigenvalue weighted by Gasteiger charge is 2.07. The van der Waals surface area contributed by atoms with E-state index in [9.17, 15) is 5.11 Å². The smallest absolute Gasteiger partial charge is 0.101 e. The number of hydrogen-bond donors (Lipinski definition) is 2. The predicted octanol–water partition coefficient (Wildman–Crippen LogP) is 0.970. The van der Waals surface area contributed by atoms with Crippen molar-refractivity contribution in [1.29, 1.82) is 0 Å². The Morgan fingerprint density at radius 3 is 2.91 bits per heavy atom. The molecule has 11 heavy (non-hydrogen) atoms. The Morgan fingerprint density at radius 1 is 1.73 bits per heavy atom. The summed E-state index contributed by atoms with van der Waals surface area (Å²) in [5, 5.41) is 9.39. The van der Waals surface area contributed by atoms with Gasteiger partial charge in [-0.1, -0.05) is 0 Å². The van der Waals surface area contributed by atoms with Gasteiger partial charge in [-0.05, 0) is 26.0 Å². The van der Waals surface area contributed by atoms with E-state index in [0.29, 0.717) is 13.0 Å². The van der Waals surface area contributed by atoms with Crippen molar-refractivity contribution >= 4 is 0 Å². The molecule has 0 saturated heterocycles. The van der Waals surface area contributed by atoms with Crippen LogP contribution in [-0.4, -0.2) is 11.7 Å². The normalized spacial score (nSPS) is 13.4. The van der Waals surface area contributed by atoms with Gasteiger partial charge in [0.1, 0.15) is 5.76 Å². The highest BCUT2D eigenvalue weighted by molar-refractivity contribution is 5.14. The van der Waals surface area contributed by atoms with Crippen LogP contribution in [-0.2, 0) is 0 Å². The molecule has 1 atom stereocenters. The van der Waals surface area contributed by atoms with E-state index in [0.717, 1.165) is 11.3 Å². The average Bonchev–Trinajstić information content (AvgIpc) is 2.36. The van der Waals surface area contributed by atoms with Crippen molar-refractivity contribution in [1.82, 2.24) is 0 Å². The lowest BCUT2D eigenvalue weighted by Crippen LogP contribution is -2.05. The molecule has 1 heterocycles. The third-order valence-electron chi connectivity index (χ3n) is 1.58. The van der Waals surface area contributed by atoms with Gasteiger partial charge in [0.15, 0.2) is 0 Å². The summed E-state index contributed by atoms with van der Waals surface area (Å²) in [4.78, 5) is 0. The first kappa shape index (κ1) is 8.30. The molecule has 1 rings (SSSR count). The molecule has 0 aliphatic carbocycles. The SMILES string of the molecule is Cc1cc(C(O)CCN)co1. The molecule has 1 aromatic heterocycles. The minimum absolute atomic E-state index is 0.475. The molecule has 3 nitrogen and oxygen atoms in total. The zero-order valence-corrected chi connectivity index (χ0v) is 6.58. The number of hydrogen-bond acceptors (Lipinski definition) is 3. The van der Waals surface area contributed by atoms with E-state index < -0.39 is 6.10 Å². The first-order valence-electron chi connectivity index (χ1n) is 3.67. The third-order valence-corrected chi connectivity index (χ3v) is 1.58. The molecular formula is C8H13NO2. The predicted molar refractivity (Wildman–Crippen MR) is 42.1 cm³/mol. The summed E-state index contributed by atoms with van der Waals surface area (Å²) in [6.07, 6.45) is 1.67. The van der Waals surface area contributed by atoms with Gasteiger partial charge in [-0.15, -0.1) is 0 Å². The van der Waals surface area contributed by atoms with Crippen molar-refractivity contribution < 1.29 is 9.52 Å². The van der Waals surface area contributed by atoms with Gasteiger partial charge in [-0.25, -0.2) is 0 Å². The largest absolute Gasteiger partial charge is 0.469 e. The van der Waals surface area contributed by atoms with Crippen LogP contribution in [0.3, 0.4) is 0 Å². The second-order valence-corrected chi connectivity index (χ2v) is 2.58. The van der Waals surface area contributed by atoms with Crippen LogP contribution in [0.2, 0.25) is 0 Å². The fourth-order valence-corrected chi connectivity index (χ4v) is 0.963. The van der Waals surface area contributed by atoms with Gasteiger partial charge in [0.25, 0.3) is 0 Å². The van der Waals surface area contributed by atoms with Gasteiger partial charge >= 0.3 is 0 Å². The van der Waals surface area contributed by atoms with Crippen molar-refractivity contribution in [2.45, 2.75) is 19.4 Å². The minimum Gasteiger partial charge on any atom is -0.469 e. The quantitative estimate of drug-likeness (QED) is 0.683. The maximum absolute atomic E-state index is 9.39. The monoisotopic (exact) mass is 155 g/mol. The van der Waals surface area contributed by atoms with E-state index in [4.69, 9.17) is 10.2 Å². The van der Waals surface area contributed by atoms with Crippen LogP contribution < -0.4 is 5.73 Å². The standard InChI is InChI=1S/C8H13NO2/c1-6-4-7(5-11-6)8(10)2-3-9/h4-5,8,10H,2-3,9H2,1H3. The van der Waals surface area contributed by atoms with Crippen molar-refractivity contribution in [3.05, 3.63) is 23.7 Å². The fraction of sp³-hybridized carbons (Fsp3) is 0.500. The van der Waals surface area contributed by atoms with E-state index >= 15 is 0 Å². The molecule has 62 valence electrons. The Labute approximate surface area is 65.8 Å². The Kier molecular flexibility index (Phi) is 2.68. The summed E-state index contributed by atoms with van der Waals surface area (Å²) in [5.41, 5.74) is 6.10. The molecule has 0 amide bonds. The van der Waals surface area contributed by atoms with Crippen molar-refractivity contribution in [3.63, 3.8) is 0 Å². The number of aryl methyl sites for hydroxylation is 1. The first-order chi connectivity index (χ1) is 5.24. The average molecular weight is 155 g/mol. The molecule has 1 aromatic rings. The molecule has 0 aromatic carbocycles. The molecule has 0 spiro atoms. The summed E-state index contributed by atoms with van der Waals surface area (Å²) in [7, 11) is 0. The van der Waals surface area contributed by atoms with Crippen LogP contribution in [0.15, 0.2) is 16.7 Å². The second-order valence-electron chi connectivity index (χ2n) is 2.58. The highest BCUT2D eigenvalue weighted by Crippen LogP contribution is 2.17. The van der Waals surface area contributed by atoms with Crippen LogP contribution in [0.25, 0.3) is 0 Å². The Bertz CT molecular complexity index is 220. The number of rotatable bonds is 3.